The molecule has 0 radical (unpaired) electrons. The fraction of sp³-hybridized carbons (Fsp3) is 0.222. The van der Waals surface area contributed by atoms with Gasteiger partial charge in [0.25, 0.3) is 5.22 Å². The van der Waals surface area contributed by atoms with E-state index in [1.165, 1.54) is 27.5 Å². The number of amides is 1. The van der Waals surface area contributed by atoms with Crippen LogP contribution in [0.25, 0.3) is 11.5 Å². The van der Waals surface area contributed by atoms with E-state index >= 15 is 0 Å². The summed E-state index contributed by atoms with van der Waals surface area (Å²) in [5, 5.41) is 11.4. The second-order valence-corrected chi connectivity index (χ2v) is 6.85. The van der Waals surface area contributed by atoms with Crippen molar-refractivity contribution in [2.75, 3.05) is 32.4 Å². The zero-order valence-corrected chi connectivity index (χ0v) is 17.3. The molecule has 0 atom stereocenters. The van der Waals surface area contributed by atoms with Crippen LogP contribution < -0.4 is 19.5 Å². The Morgan fingerprint density at radius 2 is 1.86 bits per heavy atom. The molecule has 0 spiro atoms. The molecule has 1 amide bonds. The van der Waals surface area contributed by atoms with E-state index in [-0.39, 0.29) is 22.8 Å². The molecule has 0 aliphatic carbocycles. The summed E-state index contributed by atoms with van der Waals surface area (Å²) in [7, 11) is 4.56. The van der Waals surface area contributed by atoms with Gasteiger partial charge in [-0.15, -0.1) is 10.2 Å². The first kappa shape index (κ1) is 20.7. The summed E-state index contributed by atoms with van der Waals surface area (Å²) in [6.07, 6.45) is 1.45. The quantitative estimate of drug-likeness (QED) is 0.530. The van der Waals surface area contributed by atoms with Crippen molar-refractivity contribution in [2.24, 2.45) is 0 Å². The topological polar surface area (TPSA) is 109 Å². The Kier molecular flexibility index (Phi) is 6.78. The van der Waals surface area contributed by atoms with E-state index in [2.05, 4.69) is 20.5 Å². The molecule has 2 heterocycles. The lowest BCUT2D eigenvalue weighted by Gasteiger charge is -2.12. The van der Waals surface area contributed by atoms with Crippen molar-refractivity contribution in [2.45, 2.75) is 5.22 Å². The lowest BCUT2D eigenvalue weighted by molar-refractivity contribution is -0.113. The van der Waals surface area contributed by atoms with E-state index in [4.69, 9.17) is 30.2 Å². The number of anilines is 1. The zero-order valence-electron chi connectivity index (χ0n) is 15.8. The number of ether oxygens (including phenoxy) is 3. The first-order valence-corrected chi connectivity index (χ1v) is 9.58. The Morgan fingerprint density at radius 3 is 2.45 bits per heavy atom. The molecule has 3 aromatic rings. The van der Waals surface area contributed by atoms with Crippen LogP contribution in [0.3, 0.4) is 0 Å². The number of carbonyl (C=O) groups is 1. The first-order chi connectivity index (χ1) is 14.0. The van der Waals surface area contributed by atoms with Crippen LogP contribution in [-0.4, -0.2) is 48.2 Å². The van der Waals surface area contributed by atoms with Gasteiger partial charge >= 0.3 is 0 Å². The van der Waals surface area contributed by atoms with Gasteiger partial charge in [-0.1, -0.05) is 23.4 Å². The number of thioether (sulfide) groups is 1. The van der Waals surface area contributed by atoms with Crippen molar-refractivity contribution in [3.05, 3.63) is 35.5 Å². The van der Waals surface area contributed by atoms with Crippen molar-refractivity contribution in [1.29, 1.82) is 0 Å². The maximum absolute atomic E-state index is 12.0. The van der Waals surface area contributed by atoms with Crippen LogP contribution in [0.4, 0.5) is 5.82 Å². The van der Waals surface area contributed by atoms with E-state index in [1.807, 2.05) is 0 Å². The minimum Gasteiger partial charge on any atom is -0.493 e. The molecule has 0 bridgehead atoms. The fourth-order valence-corrected chi connectivity index (χ4v) is 3.02. The molecule has 0 aliphatic heterocycles. The molecule has 0 fully saturated rings. The number of nitrogens with zero attached hydrogens (tertiary/aromatic N) is 3. The molecule has 0 saturated heterocycles. The Morgan fingerprint density at radius 1 is 1.14 bits per heavy atom. The Labute approximate surface area is 175 Å². The standard InChI is InChI=1S/C18H17ClN4O5S/c1-25-12-6-10(7-13(26-2)16(12)27-3)17-22-23-18(28-17)29-9-15(24)21-14-5-4-11(19)8-20-14/h4-8H,9H2,1-3H3,(H,20,21,24). The lowest BCUT2D eigenvalue weighted by Crippen LogP contribution is -2.14. The molecule has 11 heteroatoms. The summed E-state index contributed by atoms with van der Waals surface area (Å²) in [6, 6.07) is 6.64. The second kappa shape index (κ2) is 9.48. The number of nitrogens with one attached hydrogen (secondary N) is 1. The number of hydrogen-bond acceptors (Lipinski definition) is 9. The predicted molar refractivity (Wildman–Crippen MR) is 108 cm³/mol. The van der Waals surface area contributed by atoms with Crippen LogP contribution in [0.15, 0.2) is 40.1 Å². The molecule has 9 nitrogen and oxygen atoms in total. The molecule has 0 aliphatic rings. The van der Waals surface area contributed by atoms with Gasteiger partial charge < -0.3 is 23.9 Å². The largest absolute Gasteiger partial charge is 0.493 e. The number of hydrogen-bond donors (Lipinski definition) is 1. The maximum atomic E-state index is 12.0. The van der Waals surface area contributed by atoms with Gasteiger partial charge in [0.1, 0.15) is 5.82 Å². The van der Waals surface area contributed by atoms with Gasteiger partial charge in [-0.2, -0.15) is 0 Å². The average Bonchev–Trinajstić information content (AvgIpc) is 3.22. The SMILES string of the molecule is COc1cc(-c2nnc(SCC(=O)Nc3ccc(Cl)cn3)o2)cc(OC)c1OC. The van der Waals surface area contributed by atoms with Gasteiger partial charge in [-0.3, -0.25) is 4.79 Å². The zero-order chi connectivity index (χ0) is 20.8. The number of carbonyl (C=O) groups excluding carboxylic acids is 1. The molecule has 152 valence electrons. The summed E-state index contributed by atoms with van der Waals surface area (Å²) >= 11 is 6.87. The van der Waals surface area contributed by atoms with Crippen LogP contribution in [0.2, 0.25) is 5.02 Å². The fourth-order valence-electron chi connectivity index (χ4n) is 2.35. The van der Waals surface area contributed by atoms with Crippen LogP contribution in [0.1, 0.15) is 0 Å². The minimum atomic E-state index is -0.266. The highest BCUT2D eigenvalue weighted by molar-refractivity contribution is 7.99. The van der Waals surface area contributed by atoms with Gasteiger partial charge in [0.2, 0.25) is 17.5 Å². The van der Waals surface area contributed by atoms with Crippen LogP contribution >= 0.6 is 23.4 Å². The average molecular weight is 437 g/mol. The van der Waals surface area contributed by atoms with E-state index in [0.717, 1.165) is 11.8 Å². The summed E-state index contributed by atoms with van der Waals surface area (Å²) < 4.78 is 21.6. The summed E-state index contributed by atoms with van der Waals surface area (Å²) in [5.74, 6) is 1.85. The van der Waals surface area contributed by atoms with Gasteiger partial charge in [0.05, 0.1) is 32.1 Å². The number of pyridine rings is 1. The third-order valence-corrected chi connectivity index (χ3v) is 4.68. The Bertz CT molecular complexity index is 971. The summed E-state index contributed by atoms with van der Waals surface area (Å²) in [6.45, 7) is 0. The highest BCUT2D eigenvalue weighted by Crippen LogP contribution is 2.41. The smallest absolute Gasteiger partial charge is 0.277 e. The van der Waals surface area contributed by atoms with E-state index in [1.54, 1.807) is 24.3 Å². The van der Waals surface area contributed by atoms with Crippen LogP contribution in [0.5, 0.6) is 17.2 Å². The van der Waals surface area contributed by atoms with Crippen molar-refractivity contribution in [1.82, 2.24) is 15.2 Å². The molecule has 1 aromatic carbocycles. The van der Waals surface area contributed by atoms with Crippen LogP contribution in [-0.2, 0) is 4.79 Å². The van der Waals surface area contributed by atoms with Gasteiger partial charge in [-0.25, -0.2) is 4.98 Å². The third-order valence-electron chi connectivity index (χ3n) is 3.64. The molecule has 3 rings (SSSR count). The lowest BCUT2D eigenvalue weighted by atomic mass is 10.2. The highest BCUT2D eigenvalue weighted by atomic mass is 35.5. The molecule has 29 heavy (non-hydrogen) atoms. The number of aromatic nitrogens is 3. The van der Waals surface area contributed by atoms with Gasteiger partial charge in [0, 0.05) is 11.8 Å². The number of rotatable bonds is 8. The Balaban J connectivity index is 1.67. The molecule has 1 N–H and O–H groups in total. The highest BCUT2D eigenvalue weighted by Gasteiger charge is 2.18. The second-order valence-electron chi connectivity index (χ2n) is 5.49. The number of halogens is 1. The van der Waals surface area contributed by atoms with Gasteiger partial charge in [0.15, 0.2) is 11.5 Å². The van der Waals surface area contributed by atoms with Crippen molar-refractivity contribution in [3.63, 3.8) is 0 Å². The predicted octanol–water partition coefficient (Wildman–Crippen LogP) is 3.54. The molecule has 0 saturated carbocycles. The first-order valence-electron chi connectivity index (χ1n) is 8.22. The van der Waals surface area contributed by atoms with E-state index in [9.17, 15) is 4.79 Å². The van der Waals surface area contributed by atoms with Crippen molar-refractivity contribution < 1.29 is 23.4 Å². The molecular weight excluding hydrogens is 420 g/mol. The number of benzene rings is 1. The normalized spacial score (nSPS) is 10.5. The maximum Gasteiger partial charge on any atom is 0.277 e. The summed E-state index contributed by atoms with van der Waals surface area (Å²) in [4.78, 5) is 16.0. The molecule has 0 unspecified atom stereocenters. The molecular formula is C18H17ClN4O5S. The Hall–Kier alpha value is -2.98. The summed E-state index contributed by atoms with van der Waals surface area (Å²) in [5.41, 5.74) is 0.591. The molecule has 2 aromatic heterocycles. The van der Waals surface area contributed by atoms with Gasteiger partial charge in [-0.05, 0) is 24.3 Å². The van der Waals surface area contributed by atoms with Crippen molar-refractivity contribution >= 4 is 35.1 Å². The monoisotopic (exact) mass is 436 g/mol. The van der Waals surface area contributed by atoms with E-state index in [0.29, 0.717) is 33.7 Å². The van der Waals surface area contributed by atoms with E-state index < -0.39 is 0 Å². The minimum absolute atomic E-state index is 0.0706. The third kappa shape index (κ3) is 5.09. The van der Waals surface area contributed by atoms with Crippen LogP contribution in [0, 0.1) is 0 Å². The number of methoxy groups -OCH3 is 3. The van der Waals surface area contributed by atoms with Crippen molar-refractivity contribution in [3.8, 4) is 28.7 Å².